The highest BCUT2D eigenvalue weighted by atomic mass is 32.2. The van der Waals surface area contributed by atoms with E-state index in [1.54, 1.807) is 0 Å². The smallest absolute Gasteiger partial charge is 0.234 e. The van der Waals surface area contributed by atoms with Crippen molar-refractivity contribution in [3.05, 3.63) is 71.8 Å². The second-order valence-corrected chi connectivity index (χ2v) is 8.89. The van der Waals surface area contributed by atoms with Crippen molar-refractivity contribution in [1.82, 2.24) is 15.5 Å². The van der Waals surface area contributed by atoms with E-state index in [-0.39, 0.29) is 17.2 Å². The number of nitrogens with zero attached hydrogens (tertiary/aromatic N) is 2. The van der Waals surface area contributed by atoms with Crippen molar-refractivity contribution >= 4 is 34.1 Å². The van der Waals surface area contributed by atoms with Crippen molar-refractivity contribution in [3.63, 3.8) is 0 Å². The van der Waals surface area contributed by atoms with Crippen molar-refractivity contribution in [3.8, 4) is 0 Å². The molecule has 0 aliphatic carbocycles. The molecule has 5 nitrogen and oxygen atoms in total. The molecule has 0 fully saturated rings. The van der Waals surface area contributed by atoms with Gasteiger partial charge >= 0.3 is 0 Å². The number of benzene rings is 2. The van der Waals surface area contributed by atoms with Gasteiger partial charge in [0.15, 0.2) is 4.34 Å². The third kappa shape index (κ3) is 5.56. The molecule has 28 heavy (non-hydrogen) atoms. The SMILES string of the molecule is CCCNc1nnc(SC(C)C(=O)NC(c2ccccc2)c2ccccc2)s1. The molecular formula is C21H24N4OS2. The molecule has 1 unspecified atom stereocenters. The molecule has 2 aromatic carbocycles. The first-order valence-electron chi connectivity index (χ1n) is 9.31. The van der Waals surface area contributed by atoms with E-state index in [0.717, 1.165) is 33.6 Å². The number of hydrogen-bond donors (Lipinski definition) is 2. The predicted molar refractivity (Wildman–Crippen MR) is 117 cm³/mol. The Hall–Kier alpha value is -2.38. The van der Waals surface area contributed by atoms with Gasteiger partial charge in [0.2, 0.25) is 11.0 Å². The molecule has 0 radical (unpaired) electrons. The second-order valence-electron chi connectivity index (χ2n) is 6.32. The Balaban J connectivity index is 1.68. The summed E-state index contributed by atoms with van der Waals surface area (Å²) in [6.07, 6.45) is 1.03. The Morgan fingerprint density at radius 3 is 2.21 bits per heavy atom. The Kier molecular flexibility index (Phi) is 7.45. The minimum atomic E-state index is -0.276. The average Bonchev–Trinajstić information content (AvgIpc) is 3.18. The van der Waals surface area contributed by atoms with Crippen LogP contribution in [0.2, 0.25) is 0 Å². The summed E-state index contributed by atoms with van der Waals surface area (Å²) in [5.41, 5.74) is 2.11. The summed E-state index contributed by atoms with van der Waals surface area (Å²) >= 11 is 2.91. The molecule has 0 aliphatic rings. The zero-order valence-corrected chi connectivity index (χ0v) is 17.6. The maximum atomic E-state index is 12.9. The van der Waals surface area contributed by atoms with Gasteiger partial charge in [-0.1, -0.05) is 90.7 Å². The Morgan fingerprint density at radius 1 is 1.04 bits per heavy atom. The van der Waals surface area contributed by atoms with Gasteiger partial charge in [-0.15, -0.1) is 10.2 Å². The van der Waals surface area contributed by atoms with Crippen molar-refractivity contribution in [2.45, 2.75) is 35.9 Å². The molecule has 0 bridgehead atoms. The topological polar surface area (TPSA) is 66.9 Å². The minimum Gasteiger partial charge on any atom is -0.360 e. The van der Waals surface area contributed by atoms with Gasteiger partial charge in [-0.3, -0.25) is 4.79 Å². The fourth-order valence-corrected chi connectivity index (χ4v) is 4.61. The molecular weight excluding hydrogens is 388 g/mol. The van der Waals surface area contributed by atoms with Gasteiger partial charge in [-0.05, 0) is 24.5 Å². The fourth-order valence-electron chi connectivity index (χ4n) is 2.68. The first kappa shape index (κ1) is 20.4. The van der Waals surface area contributed by atoms with Crippen LogP contribution in [0.1, 0.15) is 37.4 Å². The number of thioether (sulfide) groups is 1. The van der Waals surface area contributed by atoms with Gasteiger partial charge in [-0.25, -0.2) is 0 Å². The number of hydrogen-bond acceptors (Lipinski definition) is 6. The number of carbonyl (C=O) groups is 1. The summed E-state index contributed by atoms with van der Waals surface area (Å²) in [5.74, 6) is -0.0269. The van der Waals surface area contributed by atoms with E-state index >= 15 is 0 Å². The first-order valence-corrected chi connectivity index (χ1v) is 11.0. The molecule has 0 saturated carbocycles. The van der Waals surface area contributed by atoms with Gasteiger partial charge in [-0.2, -0.15) is 0 Å². The van der Waals surface area contributed by atoms with E-state index in [4.69, 9.17) is 0 Å². The number of nitrogens with one attached hydrogen (secondary N) is 2. The highest BCUT2D eigenvalue weighted by Crippen LogP contribution is 2.30. The molecule has 3 rings (SSSR count). The zero-order valence-electron chi connectivity index (χ0n) is 16.0. The van der Waals surface area contributed by atoms with Gasteiger partial charge in [0.25, 0.3) is 0 Å². The summed E-state index contributed by atoms with van der Waals surface area (Å²) in [7, 11) is 0. The van der Waals surface area contributed by atoms with Gasteiger partial charge < -0.3 is 10.6 Å². The third-order valence-corrected chi connectivity index (χ3v) is 6.20. The first-order chi connectivity index (χ1) is 13.7. The van der Waals surface area contributed by atoms with Gasteiger partial charge in [0.1, 0.15) is 0 Å². The highest BCUT2D eigenvalue weighted by molar-refractivity contribution is 8.02. The molecule has 1 aromatic heterocycles. The molecule has 7 heteroatoms. The number of carbonyl (C=O) groups excluding carboxylic acids is 1. The normalized spacial score (nSPS) is 12.0. The van der Waals surface area contributed by atoms with Crippen LogP contribution < -0.4 is 10.6 Å². The van der Waals surface area contributed by atoms with Crippen molar-refractivity contribution in [2.75, 3.05) is 11.9 Å². The lowest BCUT2D eigenvalue weighted by molar-refractivity contribution is -0.120. The number of amides is 1. The average molecular weight is 413 g/mol. The molecule has 2 N–H and O–H groups in total. The molecule has 0 saturated heterocycles. The molecule has 0 spiro atoms. The van der Waals surface area contributed by atoms with Crippen LogP contribution in [0, 0.1) is 0 Å². The van der Waals surface area contributed by atoms with Gasteiger partial charge in [0.05, 0.1) is 11.3 Å². The molecule has 1 amide bonds. The maximum Gasteiger partial charge on any atom is 0.234 e. The minimum absolute atomic E-state index is 0.0269. The highest BCUT2D eigenvalue weighted by Gasteiger charge is 2.22. The number of anilines is 1. The molecule has 1 atom stereocenters. The van der Waals surface area contributed by atoms with Crippen LogP contribution in [-0.2, 0) is 4.79 Å². The van der Waals surface area contributed by atoms with E-state index < -0.39 is 0 Å². The number of aromatic nitrogens is 2. The largest absolute Gasteiger partial charge is 0.360 e. The zero-order chi connectivity index (χ0) is 19.8. The molecule has 3 aromatic rings. The van der Waals surface area contributed by atoms with Crippen molar-refractivity contribution in [2.24, 2.45) is 0 Å². The number of rotatable bonds is 9. The lowest BCUT2D eigenvalue weighted by Crippen LogP contribution is -2.34. The Labute approximate surface area is 174 Å². The lowest BCUT2D eigenvalue weighted by Gasteiger charge is -2.21. The van der Waals surface area contributed by atoms with Crippen LogP contribution in [0.4, 0.5) is 5.13 Å². The summed E-state index contributed by atoms with van der Waals surface area (Å²) in [6, 6.07) is 19.9. The molecule has 1 heterocycles. The Morgan fingerprint density at radius 2 is 1.64 bits per heavy atom. The van der Waals surface area contributed by atoms with Crippen LogP contribution in [0.5, 0.6) is 0 Å². The van der Waals surface area contributed by atoms with E-state index in [1.807, 2.05) is 67.6 Å². The van der Waals surface area contributed by atoms with Crippen LogP contribution in [-0.4, -0.2) is 27.9 Å². The quantitative estimate of drug-likeness (QED) is 0.497. The van der Waals surface area contributed by atoms with E-state index in [2.05, 4.69) is 27.8 Å². The second kappa shape index (κ2) is 10.2. The standard InChI is InChI=1S/C21H24N4OS2/c1-3-14-22-20-24-25-21(28-20)27-15(2)19(26)23-18(16-10-6-4-7-11-16)17-12-8-5-9-13-17/h4-13,15,18H,3,14H2,1-2H3,(H,22,24)(H,23,26). The van der Waals surface area contributed by atoms with Crippen LogP contribution in [0.3, 0.4) is 0 Å². The Bertz CT molecular complexity index is 831. The lowest BCUT2D eigenvalue weighted by atomic mass is 9.98. The van der Waals surface area contributed by atoms with E-state index in [0.29, 0.717) is 0 Å². The monoisotopic (exact) mass is 412 g/mol. The fraction of sp³-hybridized carbons (Fsp3) is 0.286. The molecule has 0 aliphatic heterocycles. The summed E-state index contributed by atoms with van der Waals surface area (Å²) in [5, 5.41) is 15.2. The van der Waals surface area contributed by atoms with Crippen LogP contribution in [0.25, 0.3) is 0 Å². The van der Waals surface area contributed by atoms with Crippen molar-refractivity contribution in [1.29, 1.82) is 0 Å². The maximum absolute atomic E-state index is 12.9. The van der Waals surface area contributed by atoms with E-state index in [9.17, 15) is 4.79 Å². The van der Waals surface area contributed by atoms with Gasteiger partial charge in [0, 0.05) is 6.54 Å². The summed E-state index contributed by atoms with van der Waals surface area (Å²) in [6.45, 7) is 4.87. The predicted octanol–water partition coefficient (Wildman–Crippen LogP) is 4.75. The van der Waals surface area contributed by atoms with E-state index in [1.165, 1.54) is 23.1 Å². The van der Waals surface area contributed by atoms with Crippen LogP contribution >= 0.6 is 23.1 Å². The summed E-state index contributed by atoms with van der Waals surface area (Å²) < 4.78 is 0.789. The van der Waals surface area contributed by atoms with Crippen LogP contribution in [0.15, 0.2) is 65.0 Å². The third-order valence-electron chi connectivity index (χ3n) is 4.13. The molecule has 146 valence electrons. The summed E-state index contributed by atoms with van der Waals surface area (Å²) in [4.78, 5) is 12.9. The van der Waals surface area contributed by atoms with Crippen molar-refractivity contribution < 1.29 is 4.79 Å².